The molecule has 0 fully saturated rings. The Morgan fingerprint density at radius 2 is 2.00 bits per heavy atom. The molecule has 2 amide bonds. The van der Waals surface area contributed by atoms with Crippen LogP contribution in [0.3, 0.4) is 0 Å². The molecule has 0 radical (unpaired) electrons. The Labute approximate surface area is 117 Å². The Morgan fingerprint density at radius 1 is 1.35 bits per heavy atom. The Kier molecular flexibility index (Phi) is 5.36. The highest BCUT2D eigenvalue weighted by molar-refractivity contribution is 5.75. The fourth-order valence-electron chi connectivity index (χ4n) is 1.35. The lowest BCUT2D eigenvalue weighted by atomic mass is 10.2. The van der Waals surface area contributed by atoms with Crippen molar-refractivity contribution in [2.24, 2.45) is 0 Å². The maximum Gasteiger partial charge on any atom is 0.407 e. The molecule has 8 nitrogen and oxygen atoms in total. The zero-order valence-electron chi connectivity index (χ0n) is 12.0. The summed E-state index contributed by atoms with van der Waals surface area (Å²) in [7, 11) is 0. The van der Waals surface area contributed by atoms with Crippen LogP contribution in [0, 0.1) is 0 Å². The number of carbonyl (C=O) groups excluding carboxylic acids is 2. The van der Waals surface area contributed by atoms with E-state index in [1.165, 1.54) is 4.68 Å². The SMILES string of the molecule is CC(C)(C)OC(=O)NCCNC(=O)Cn1ccc(N)n1. The standard InChI is InChI=1S/C12H21N5O3/c1-12(2,3)20-11(19)15-6-5-14-10(18)8-17-7-4-9(13)16-17/h4,7H,5-6,8H2,1-3H3,(H2,13,16)(H,14,18)(H,15,19). The van der Waals surface area contributed by atoms with Crippen molar-refractivity contribution in [3.05, 3.63) is 12.3 Å². The number of nitrogens with two attached hydrogens (primary N) is 1. The zero-order valence-corrected chi connectivity index (χ0v) is 12.0. The van der Waals surface area contributed by atoms with Gasteiger partial charge in [-0.05, 0) is 26.8 Å². The van der Waals surface area contributed by atoms with Crippen LogP contribution in [0.15, 0.2) is 12.3 Å². The molecule has 1 rings (SSSR count). The highest BCUT2D eigenvalue weighted by Gasteiger charge is 2.15. The molecule has 0 spiro atoms. The third-order valence-corrected chi connectivity index (χ3v) is 2.08. The van der Waals surface area contributed by atoms with Gasteiger partial charge in [0.1, 0.15) is 18.0 Å². The molecule has 4 N–H and O–H groups in total. The maximum absolute atomic E-state index is 11.5. The van der Waals surface area contributed by atoms with E-state index in [0.717, 1.165) is 0 Å². The average molecular weight is 283 g/mol. The molecule has 1 heterocycles. The molecule has 0 aliphatic carbocycles. The number of aromatic nitrogens is 2. The minimum Gasteiger partial charge on any atom is -0.444 e. The number of carbonyl (C=O) groups is 2. The van der Waals surface area contributed by atoms with Gasteiger partial charge in [-0.15, -0.1) is 0 Å². The van der Waals surface area contributed by atoms with Crippen LogP contribution in [0.2, 0.25) is 0 Å². The lowest BCUT2D eigenvalue weighted by Gasteiger charge is -2.19. The molecular weight excluding hydrogens is 262 g/mol. The number of nitrogen functional groups attached to an aromatic ring is 1. The number of hydrogen-bond donors (Lipinski definition) is 3. The van der Waals surface area contributed by atoms with Gasteiger partial charge < -0.3 is 21.1 Å². The minimum atomic E-state index is -0.534. The molecule has 0 aliphatic heterocycles. The first-order chi connectivity index (χ1) is 9.26. The molecule has 1 aromatic rings. The predicted octanol–water partition coefficient (Wildman–Crippen LogP) is 0.106. The Balaban J connectivity index is 2.15. The van der Waals surface area contributed by atoms with Crippen LogP contribution in [0.4, 0.5) is 10.6 Å². The summed E-state index contributed by atoms with van der Waals surface area (Å²) in [6.45, 7) is 6.04. The second-order valence-corrected chi connectivity index (χ2v) is 5.22. The number of nitrogens with zero attached hydrogens (tertiary/aromatic N) is 2. The summed E-state index contributed by atoms with van der Waals surface area (Å²) in [5, 5.41) is 9.08. The summed E-state index contributed by atoms with van der Waals surface area (Å²) >= 11 is 0. The van der Waals surface area contributed by atoms with Crippen molar-refractivity contribution >= 4 is 17.8 Å². The molecule has 20 heavy (non-hydrogen) atoms. The topological polar surface area (TPSA) is 111 Å². The van der Waals surface area contributed by atoms with Crippen LogP contribution >= 0.6 is 0 Å². The molecular formula is C12H21N5O3. The van der Waals surface area contributed by atoms with E-state index >= 15 is 0 Å². The van der Waals surface area contributed by atoms with Crippen LogP contribution in [-0.4, -0.2) is 40.5 Å². The van der Waals surface area contributed by atoms with Gasteiger partial charge in [-0.1, -0.05) is 0 Å². The van der Waals surface area contributed by atoms with Crippen molar-refractivity contribution in [1.82, 2.24) is 20.4 Å². The van der Waals surface area contributed by atoms with Gasteiger partial charge in [0.05, 0.1) is 0 Å². The molecule has 0 unspecified atom stereocenters. The maximum atomic E-state index is 11.5. The minimum absolute atomic E-state index is 0.0869. The second kappa shape index (κ2) is 6.78. The van der Waals surface area contributed by atoms with Gasteiger partial charge in [-0.25, -0.2) is 4.79 Å². The van der Waals surface area contributed by atoms with Crippen LogP contribution in [0.5, 0.6) is 0 Å². The number of nitrogens with one attached hydrogen (secondary N) is 2. The number of amides is 2. The fourth-order valence-corrected chi connectivity index (χ4v) is 1.35. The Bertz CT molecular complexity index is 464. The van der Waals surface area contributed by atoms with Gasteiger partial charge in [0.15, 0.2) is 0 Å². The van der Waals surface area contributed by atoms with E-state index in [1.807, 2.05) is 0 Å². The number of hydrogen-bond acceptors (Lipinski definition) is 5. The monoisotopic (exact) mass is 283 g/mol. The number of ether oxygens (including phenoxy) is 1. The smallest absolute Gasteiger partial charge is 0.407 e. The largest absolute Gasteiger partial charge is 0.444 e. The molecule has 0 atom stereocenters. The first-order valence-corrected chi connectivity index (χ1v) is 6.29. The molecule has 112 valence electrons. The van der Waals surface area contributed by atoms with Crippen LogP contribution in [-0.2, 0) is 16.1 Å². The average Bonchev–Trinajstić information content (AvgIpc) is 2.68. The van der Waals surface area contributed by atoms with Gasteiger partial charge in [0.25, 0.3) is 0 Å². The van der Waals surface area contributed by atoms with Gasteiger partial charge in [-0.3, -0.25) is 9.48 Å². The van der Waals surface area contributed by atoms with Crippen molar-refractivity contribution in [1.29, 1.82) is 0 Å². The Hall–Kier alpha value is -2.25. The third kappa shape index (κ3) is 6.62. The molecule has 0 aliphatic rings. The van der Waals surface area contributed by atoms with Crippen LogP contribution in [0.25, 0.3) is 0 Å². The second-order valence-electron chi connectivity index (χ2n) is 5.22. The quantitative estimate of drug-likeness (QED) is 0.664. The van der Waals surface area contributed by atoms with E-state index < -0.39 is 11.7 Å². The van der Waals surface area contributed by atoms with E-state index in [0.29, 0.717) is 18.9 Å². The van der Waals surface area contributed by atoms with Crippen molar-refractivity contribution in [2.45, 2.75) is 32.9 Å². The van der Waals surface area contributed by atoms with Crippen molar-refractivity contribution in [3.8, 4) is 0 Å². The lowest BCUT2D eigenvalue weighted by Crippen LogP contribution is -2.38. The summed E-state index contributed by atoms with van der Waals surface area (Å²) < 4.78 is 6.49. The summed E-state index contributed by atoms with van der Waals surface area (Å²) in [6, 6.07) is 1.61. The fraction of sp³-hybridized carbons (Fsp3) is 0.583. The molecule has 0 saturated carbocycles. The first-order valence-electron chi connectivity index (χ1n) is 6.29. The van der Waals surface area contributed by atoms with E-state index in [-0.39, 0.29) is 12.5 Å². The molecule has 0 aromatic carbocycles. The van der Waals surface area contributed by atoms with E-state index in [9.17, 15) is 9.59 Å². The molecule has 1 aromatic heterocycles. The van der Waals surface area contributed by atoms with E-state index in [1.54, 1.807) is 33.0 Å². The summed E-state index contributed by atoms with van der Waals surface area (Å²) in [5.74, 6) is 0.156. The predicted molar refractivity (Wildman–Crippen MR) is 73.9 cm³/mol. The van der Waals surface area contributed by atoms with Gasteiger partial charge in [0.2, 0.25) is 5.91 Å². The van der Waals surface area contributed by atoms with Crippen molar-refractivity contribution in [2.75, 3.05) is 18.8 Å². The highest BCUT2D eigenvalue weighted by Crippen LogP contribution is 2.05. The normalized spacial score (nSPS) is 10.9. The van der Waals surface area contributed by atoms with Crippen molar-refractivity contribution < 1.29 is 14.3 Å². The third-order valence-electron chi connectivity index (χ3n) is 2.08. The molecule has 0 bridgehead atoms. The van der Waals surface area contributed by atoms with Crippen molar-refractivity contribution in [3.63, 3.8) is 0 Å². The van der Waals surface area contributed by atoms with Gasteiger partial charge >= 0.3 is 6.09 Å². The number of anilines is 1. The summed E-state index contributed by atoms with van der Waals surface area (Å²) in [6.07, 6.45) is 1.11. The van der Waals surface area contributed by atoms with Crippen LogP contribution < -0.4 is 16.4 Å². The van der Waals surface area contributed by atoms with E-state index in [4.69, 9.17) is 10.5 Å². The molecule has 0 saturated heterocycles. The number of alkyl carbamates (subject to hydrolysis) is 1. The zero-order chi connectivity index (χ0) is 15.2. The first kappa shape index (κ1) is 15.8. The van der Waals surface area contributed by atoms with Gasteiger partial charge in [0, 0.05) is 19.3 Å². The lowest BCUT2D eigenvalue weighted by molar-refractivity contribution is -0.121. The summed E-state index contributed by atoms with van der Waals surface area (Å²) in [4.78, 5) is 22.9. The number of rotatable bonds is 5. The summed E-state index contributed by atoms with van der Waals surface area (Å²) in [5.41, 5.74) is 4.90. The van der Waals surface area contributed by atoms with E-state index in [2.05, 4.69) is 15.7 Å². The van der Waals surface area contributed by atoms with Gasteiger partial charge in [-0.2, -0.15) is 5.10 Å². The molecule has 8 heteroatoms. The Morgan fingerprint density at radius 3 is 2.55 bits per heavy atom. The highest BCUT2D eigenvalue weighted by atomic mass is 16.6. The van der Waals surface area contributed by atoms with Crippen LogP contribution in [0.1, 0.15) is 20.8 Å².